The van der Waals surface area contributed by atoms with E-state index in [4.69, 9.17) is 4.74 Å². The van der Waals surface area contributed by atoms with E-state index < -0.39 is 28.5 Å². The SMILES string of the molecule is Cc1cc(C)cc(NC(=O)COC(=O)c2ccc(C)c(S(=O)(=O)N3CCCCC3)c2)c1. The van der Waals surface area contributed by atoms with Crippen molar-refractivity contribution < 1.29 is 22.7 Å². The number of piperidine rings is 1. The number of carbonyl (C=O) groups is 2. The highest BCUT2D eigenvalue weighted by atomic mass is 32.2. The molecule has 1 fully saturated rings. The van der Waals surface area contributed by atoms with E-state index in [1.54, 1.807) is 13.0 Å². The van der Waals surface area contributed by atoms with Gasteiger partial charge < -0.3 is 10.1 Å². The summed E-state index contributed by atoms with van der Waals surface area (Å²) in [6.07, 6.45) is 2.67. The second-order valence-electron chi connectivity index (χ2n) is 7.95. The number of esters is 1. The fourth-order valence-corrected chi connectivity index (χ4v) is 5.48. The number of ether oxygens (including phenoxy) is 1. The Morgan fingerprint density at radius 2 is 1.61 bits per heavy atom. The van der Waals surface area contributed by atoms with Gasteiger partial charge in [-0.2, -0.15) is 4.31 Å². The number of amides is 1. The Balaban J connectivity index is 1.68. The van der Waals surface area contributed by atoms with E-state index in [0.29, 0.717) is 24.3 Å². The van der Waals surface area contributed by atoms with Gasteiger partial charge in [-0.1, -0.05) is 18.6 Å². The average Bonchev–Trinajstić information content (AvgIpc) is 2.72. The van der Waals surface area contributed by atoms with Crippen LogP contribution in [-0.4, -0.2) is 44.3 Å². The van der Waals surface area contributed by atoms with Crippen LogP contribution in [0, 0.1) is 20.8 Å². The minimum atomic E-state index is -3.68. The Bertz CT molecular complexity index is 1070. The molecule has 1 saturated heterocycles. The van der Waals surface area contributed by atoms with E-state index in [-0.39, 0.29) is 10.5 Å². The summed E-state index contributed by atoms with van der Waals surface area (Å²) >= 11 is 0. The Morgan fingerprint density at radius 3 is 2.26 bits per heavy atom. The zero-order chi connectivity index (χ0) is 22.6. The minimum absolute atomic E-state index is 0.0976. The van der Waals surface area contributed by atoms with Crippen LogP contribution in [0.1, 0.15) is 46.3 Å². The third-order valence-corrected chi connectivity index (χ3v) is 7.24. The number of sulfonamides is 1. The van der Waals surface area contributed by atoms with E-state index in [1.165, 1.54) is 16.4 Å². The molecule has 31 heavy (non-hydrogen) atoms. The predicted molar refractivity (Wildman–Crippen MR) is 119 cm³/mol. The molecule has 3 rings (SSSR count). The number of rotatable bonds is 6. The zero-order valence-corrected chi connectivity index (χ0v) is 18.9. The summed E-state index contributed by atoms with van der Waals surface area (Å²) in [6, 6.07) is 10.1. The molecule has 0 aromatic heterocycles. The van der Waals surface area contributed by atoms with Gasteiger partial charge in [0.15, 0.2) is 6.61 Å². The standard InChI is InChI=1S/C23H28N2O5S/c1-16-11-17(2)13-20(12-16)24-22(26)15-30-23(27)19-8-7-18(3)21(14-19)31(28,29)25-9-5-4-6-10-25/h7-8,11-14H,4-6,9-10,15H2,1-3H3,(H,24,26). The van der Waals surface area contributed by atoms with Crippen LogP contribution < -0.4 is 5.32 Å². The van der Waals surface area contributed by atoms with Crippen molar-refractivity contribution >= 4 is 27.6 Å². The van der Waals surface area contributed by atoms with Crippen LogP contribution in [-0.2, 0) is 19.6 Å². The van der Waals surface area contributed by atoms with Crippen molar-refractivity contribution in [2.75, 3.05) is 25.0 Å². The molecule has 0 unspecified atom stereocenters. The maximum atomic E-state index is 13.0. The first-order chi connectivity index (χ1) is 14.7. The normalized spacial score (nSPS) is 14.8. The quantitative estimate of drug-likeness (QED) is 0.688. The summed E-state index contributed by atoms with van der Waals surface area (Å²) in [5, 5.41) is 2.70. The predicted octanol–water partition coefficient (Wildman–Crippen LogP) is 3.58. The lowest BCUT2D eigenvalue weighted by atomic mass is 10.1. The molecule has 1 heterocycles. The fourth-order valence-electron chi connectivity index (χ4n) is 3.71. The monoisotopic (exact) mass is 444 g/mol. The number of hydrogen-bond donors (Lipinski definition) is 1. The number of benzene rings is 2. The molecule has 7 nitrogen and oxygen atoms in total. The maximum Gasteiger partial charge on any atom is 0.338 e. The molecular formula is C23H28N2O5S. The van der Waals surface area contributed by atoms with Crippen molar-refractivity contribution in [1.82, 2.24) is 4.31 Å². The van der Waals surface area contributed by atoms with Gasteiger partial charge in [-0.25, -0.2) is 13.2 Å². The topological polar surface area (TPSA) is 92.8 Å². The van der Waals surface area contributed by atoms with E-state index >= 15 is 0 Å². The molecule has 2 aromatic carbocycles. The van der Waals surface area contributed by atoms with Crippen molar-refractivity contribution in [3.05, 3.63) is 58.7 Å². The lowest BCUT2D eigenvalue weighted by molar-refractivity contribution is -0.119. The van der Waals surface area contributed by atoms with E-state index in [2.05, 4.69) is 5.32 Å². The molecule has 0 spiro atoms. The molecule has 2 aromatic rings. The van der Waals surface area contributed by atoms with Gasteiger partial charge in [0.25, 0.3) is 5.91 Å². The van der Waals surface area contributed by atoms with E-state index in [0.717, 1.165) is 30.4 Å². The highest BCUT2D eigenvalue weighted by Crippen LogP contribution is 2.24. The van der Waals surface area contributed by atoms with Gasteiger partial charge in [0, 0.05) is 18.8 Å². The molecular weight excluding hydrogens is 416 g/mol. The van der Waals surface area contributed by atoms with Crippen molar-refractivity contribution in [2.24, 2.45) is 0 Å². The zero-order valence-electron chi connectivity index (χ0n) is 18.1. The van der Waals surface area contributed by atoms with Gasteiger partial charge >= 0.3 is 5.97 Å². The third kappa shape index (κ3) is 5.71. The number of hydrogen-bond acceptors (Lipinski definition) is 5. The summed E-state index contributed by atoms with van der Waals surface area (Å²) in [7, 11) is -3.68. The van der Waals surface area contributed by atoms with Crippen LogP contribution in [0.15, 0.2) is 41.3 Å². The van der Waals surface area contributed by atoms with Crippen LogP contribution in [0.4, 0.5) is 5.69 Å². The van der Waals surface area contributed by atoms with Crippen LogP contribution in [0.3, 0.4) is 0 Å². The molecule has 1 aliphatic rings. The second kappa shape index (κ2) is 9.62. The van der Waals surface area contributed by atoms with E-state index in [1.807, 2.05) is 32.0 Å². The number of nitrogens with one attached hydrogen (secondary N) is 1. The van der Waals surface area contributed by atoms with Gasteiger partial charge in [-0.3, -0.25) is 4.79 Å². The lowest BCUT2D eigenvalue weighted by Crippen LogP contribution is -2.36. The smallest absolute Gasteiger partial charge is 0.338 e. The van der Waals surface area contributed by atoms with Crippen LogP contribution >= 0.6 is 0 Å². The summed E-state index contributed by atoms with van der Waals surface area (Å²) < 4.78 is 32.6. The van der Waals surface area contributed by atoms with Gasteiger partial charge in [0.05, 0.1) is 10.5 Å². The summed E-state index contributed by atoms with van der Waals surface area (Å²) in [5.74, 6) is -1.21. The lowest BCUT2D eigenvalue weighted by Gasteiger charge is -2.26. The fraction of sp³-hybridized carbons (Fsp3) is 0.391. The Morgan fingerprint density at radius 1 is 0.968 bits per heavy atom. The maximum absolute atomic E-state index is 13.0. The highest BCUT2D eigenvalue weighted by Gasteiger charge is 2.28. The molecule has 166 valence electrons. The number of nitrogens with zero attached hydrogens (tertiary/aromatic N) is 1. The molecule has 1 aliphatic heterocycles. The average molecular weight is 445 g/mol. The van der Waals surface area contributed by atoms with Crippen molar-refractivity contribution in [3.8, 4) is 0 Å². The minimum Gasteiger partial charge on any atom is -0.452 e. The molecule has 0 atom stereocenters. The third-order valence-electron chi connectivity index (χ3n) is 5.20. The first kappa shape index (κ1) is 23.0. The molecule has 0 radical (unpaired) electrons. The Hall–Kier alpha value is -2.71. The van der Waals surface area contributed by atoms with Crippen LogP contribution in [0.25, 0.3) is 0 Å². The van der Waals surface area contributed by atoms with Crippen LogP contribution in [0.5, 0.6) is 0 Å². The van der Waals surface area contributed by atoms with Crippen LogP contribution in [0.2, 0.25) is 0 Å². The van der Waals surface area contributed by atoms with Crippen molar-refractivity contribution in [3.63, 3.8) is 0 Å². The number of carbonyl (C=O) groups excluding carboxylic acids is 2. The van der Waals surface area contributed by atoms with Crippen molar-refractivity contribution in [1.29, 1.82) is 0 Å². The van der Waals surface area contributed by atoms with Crippen molar-refractivity contribution in [2.45, 2.75) is 44.9 Å². The first-order valence-electron chi connectivity index (χ1n) is 10.3. The van der Waals surface area contributed by atoms with Gasteiger partial charge in [-0.05, 0) is 74.6 Å². The number of anilines is 1. The summed E-state index contributed by atoms with van der Waals surface area (Å²) in [5.41, 5.74) is 3.31. The molecule has 0 bridgehead atoms. The highest BCUT2D eigenvalue weighted by molar-refractivity contribution is 7.89. The number of aryl methyl sites for hydroxylation is 3. The van der Waals surface area contributed by atoms with Gasteiger partial charge in [0.1, 0.15) is 0 Å². The summed E-state index contributed by atoms with van der Waals surface area (Å²) in [6.45, 7) is 6.05. The molecule has 1 N–H and O–H groups in total. The molecule has 1 amide bonds. The van der Waals surface area contributed by atoms with Gasteiger partial charge in [0.2, 0.25) is 10.0 Å². The largest absolute Gasteiger partial charge is 0.452 e. The molecule has 0 aliphatic carbocycles. The van der Waals surface area contributed by atoms with E-state index in [9.17, 15) is 18.0 Å². The second-order valence-corrected chi connectivity index (χ2v) is 9.85. The van der Waals surface area contributed by atoms with Gasteiger partial charge in [-0.15, -0.1) is 0 Å². The summed E-state index contributed by atoms with van der Waals surface area (Å²) in [4.78, 5) is 24.7. The molecule has 0 saturated carbocycles. The Kier molecular flexibility index (Phi) is 7.12. The Labute approximate surface area is 183 Å². The molecule has 8 heteroatoms. The first-order valence-corrected chi connectivity index (χ1v) is 11.8.